The fourth-order valence-electron chi connectivity index (χ4n) is 4.22. The lowest BCUT2D eigenvalue weighted by molar-refractivity contribution is 0.0575. The Morgan fingerprint density at radius 3 is 2.34 bits per heavy atom. The van der Waals surface area contributed by atoms with Gasteiger partial charge in [-0.1, -0.05) is 38.1 Å². The van der Waals surface area contributed by atoms with Crippen molar-refractivity contribution in [3.63, 3.8) is 0 Å². The monoisotopic (exact) mass is 492 g/mol. The second kappa shape index (κ2) is 9.80. The van der Waals surface area contributed by atoms with E-state index in [1.165, 1.54) is 16.9 Å². The Hall–Kier alpha value is -3.84. The minimum Gasteiger partial charge on any atom is -0.450 e. The van der Waals surface area contributed by atoms with Crippen LogP contribution in [0.3, 0.4) is 0 Å². The van der Waals surface area contributed by atoms with Crippen LogP contribution in [0.15, 0.2) is 24.3 Å². The van der Waals surface area contributed by atoms with E-state index in [0.29, 0.717) is 59.4 Å². The molecular formula is C25H28N6O3S. The summed E-state index contributed by atoms with van der Waals surface area (Å²) in [5.41, 5.74) is 15.8. The summed E-state index contributed by atoms with van der Waals surface area (Å²) in [6.45, 7) is 7.78. The normalized spacial score (nSPS) is 13.8. The molecule has 4 rings (SSSR count). The molecular weight excluding hydrogens is 464 g/mol. The van der Waals surface area contributed by atoms with Crippen LogP contribution in [0.5, 0.6) is 0 Å². The molecule has 3 heterocycles. The standard InChI is InChI=1S/C25H28N6O3S/c1-4-34-25(33)31-11-9-30(10-12-31)24(32)21-20(27)19-18(16-7-5-15(6-8-16)14(2)3)17(13-26)22(28)29-23(19)35-21/h5-8,14H,4,9-12,27H2,1-3H3,(H2,28,29). The molecule has 1 saturated heterocycles. The maximum Gasteiger partial charge on any atom is 0.409 e. The number of nitriles is 1. The molecule has 0 spiro atoms. The summed E-state index contributed by atoms with van der Waals surface area (Å²) in [6, 6.07) is 10.1. The Morgan fingerprint density at radius 2 is 1.77 bits per heavy atom. The molecule has 2 amide bonds. The quantitative estimate of drug-likeness (QED) is 0.560. The fraction of sp³-hybridized carbons (Fsp3) is 0.360. The molecule has 0 saturated carbocycles. The van der Waals surface area contributed by atoms with Crippen LogP contribution in [0.25, 0.3) is 21.3 Å². The Balaban J connectivity index is 1.72. The predicted octanol–water partition coefficient (Wildman–Crippen LogP) is 4.04. The molecule has 182 valence electrons. The van der Waals surface area contributed by atoms with E-state index in [1.807, 2.05) is 24.3 Å². The number of piperazine rings is 1. The number of fused-ring (bicyclic) bond motifs is 1. The minimum atomic E-state index is -0.377. The van der Waals surface area contributed by atoms with Crippen LogP contribution in [-0.4, -0.2) is 59.6 Å². The maximum absolute atomic E-state index is 13.4. The van der Waals surface area contributed by atoms with Crippen LogP contribution in [-0.2, 0) is 4.74 Å². The largest absolute Gasteiger partial charge is 0.450 e. The molecule has 0 radical (unpaired) electrons. The first-order valence-electron chi connectivity index (χ1n) is 11.5. The zero-order chi connectivity index (χ0) is 25.3. The first-order valence-corrected chi connectivity index (χ1v) is 12.3. The summed E-state index contributed by atoms with van der Waals surface area (Å²) in [6.07, 6.45) is -0.377. The lowest BCUT2D eigenvalue weighted by Gasteiger charge is -2.33. The Morgan fingerprint density at radius 1 is 1.14 bits per heavy atom. The Labute approximate surface area is 207 Å². The van der Waals surface area contributed by atoms with E-state index in [4.69, 9.17) is 16.2 Å². The molecule has 3 aromatic rings. The number of benzene rings is 1. The van der Waals surface area contributed by atoms with Crippen LogP contribution in [0, 0.1) is 11.3 Å². The average Bonchev–Trinajstić information content (AvgIpc) is 3.18. The molecule has 1 aliphatic rings. The number of nitrogen functional groups attached to an aromatic ring is 2. The lowest BCUT2D eigenvalue weighted by atomic mass is 9.94. The fourth-order valence-corrected chi connectivity index (χ4v) is 5.30. The molecule has 9 nitrogen and oxygen atoms in total. The highest BCUT2D eigenvalue weighted by atomic mass is 32.1. The predicted molar refractivity (Wildman–Crippen MR) is 137 cm³/mol. The number of pyridine rings is 1. The van der Waals surface area contributed by atoms with Gasteiger partial charge in [-0.15, -0.1) is 11.3 Å². The molecule has 35 heavy (non-hydrogen) atoms. The van der Waals surface area contributed by atoms with Gasteiger partial charge in [0, 0.05) is 37.1 Å². The minimum absolute atomic E-state index is 0.103. The van der Waals surface area contributed by atoms with Gasteiger partial charge in [0.05, 0.1) is 12.3 Å². The van der Waals surface area contributed by atoms with E-state index in [1.54, 1.807) is 16.7 Å². The highest BCUT2D eigenvalue weighted by Gasteiger charge is 2.30. The third-order valence-corrected chi connectivity index (χ3v) is 7.26. The number of rotatable bonds is 4. The Kier molecular flexibility index (Phi) is 6.80. The number of carbonyl (C=O) groups is 2. The van der Waals surface area contributed by atoms with E-state index in [-0.39, 0.29) is 29.1 Å². The zero-order valence-corrected chi connectivity index (χ0v) is 20.8. The number of thiophene rings is 1. The van der Waals surface area contributed by atoms with Gasteiger partial charge in [0.2, 0.25) is 0 Å². The molecule has 4 N–H and O–H groups in total. The third-order valence-electron chi connectivity index (χ3n) is 6.17. The van der Waals surface area contributed by atoms with E-state index in [9.17, 15) is 14.9 Å². The number of nitrogens with two attached hydrogens (primary N) is 2. The van der Waals surface area contributed by atoms with Gasteiger partial charge in [-0.25, -0.2) is 9.78 Å². The number of aromatic nitrogens is 1. The zero-order valence-electron chi connectivity index (χ0n) is 20.0. The van der Waals surface area contributed by atoms with Gasteiger partial charge in [0.1, 0.15) is 27.2 Å². The van der Waals surface area contributed by atoms with Gasteiger partial charge < -0.3 is 26.0 Å². The van der Waals surface area contributed by atoms with Gasteiger partial charge >= 0.3 is 6.09 Å². The number of ether oxygens (including phenoxy) is 1. The second-order valence-corrected chi connectivity index (χ2v) is 9.64. The summed E-state index contributed by atoms with van der Waals surface area (Å²) in [5, 5.41) is 10.4. The van der Waals surface area contributed by atoms with Crippen molar-refractivity contribution in [3.8, 4) is 17.2 Å². The number of amides is 2. The highest BCUT2D eigenvalue weighted by Crippen LogP contribution is 2.43. The molecule has 10 heteroatoms. The van der Waals surface area contributed by atoms with Crippen molar-refractivity contribution in [2.75, 3.05) is 44.3 Å². The van der Waals surface area contributed by atoms with Gasteiger partial charge in [0.15, 0.2) is 0 Å². The number of carbonyl (C=O) groups excluding carboxylic acids is 2. The molecule has 1 fully saturated rings. The van der Waals surface area contributed by atoms with Crippen molar-refractivity contribution >= 4 is 45.1 Å². The molecule has 0 unspecified atom stereocenters. The van der Waals surface area contributed by atoms with Gasteiger partial charge in [0.25, 0.3) is 5.91 Å². The van der Waals surface area contributed by atoms with Crippen molar-refractivity contribution < 1.29 is 14.3 Å². The third kappa shape index (κ3) is 4.47. The van der Waals surface area contributed by atoms with Crippen molar-refractivity contribution in [1.82, 2.24) is 14.8 Å². The van der Waals surface area contributed by atoms with Crippen molar-refractivity contribution in [3.05, 3.63) is 40.3 Å². The smallest absolute Gasteiger partial charge is 0.409 e. The second-order valence-electron chi connectivity index (χ2n) is 8.64. The average molecular weight is 493 g/mol. The molecule has 0 atom stereocenters. The first-order chi connectivity index (χ1) is 16.8. The van der Waals surface area contributed by atoms with Crippen LogP contribution in [0.4, 0.5) is 16.3 Å². The number of hydrogen-bond donors (Lipinski definition) is 2. The maximum atomic E-state index is 13.4. The van der Waals surface area contributed by atoms with E-state index >= 15 is 0 Å². The highest BCUT2D eigenvalue weighted by molar-refractivity contribution is 7.21. The van der Waals surface area contributed by atoms with Crippen molar-refractivity contribution in [2.24, 2.45) is 0 Å². The van der Waals surface area contributed by atoms with E-state index in [2.05, 4.69) is 24.9 Å². The molecule has 2 aromatic heterocycles. The van der Waals surface area contributed by atoms with Crippen LogP contribution in [0.2, 0.25) is 0 Å². The molecule has 1 aliphatic heterocycles. The van der Waals surface area contributed by atoms with E-state index in [0.717, 1.165) is 5.56 Å². The summed E-state index contributed by atoms with van der Waals surface area (Å²) in [5.74, 6) is 0.236. The molecule has 1 aromatic carbocycles. The lowest BCUT2D eigenvalue weighted by Crippen LogP contribution is -2.50. The number of nitrogens with zero attached hydrogens (tertiary/aromatic N) is 4. The number of hydrogen-bond acceptors (Lipinski definition) is 8. The van der Waals surface area contributed by atoms with Crippen molar-refractivity contribution in [1.29, 1.82) is 5.26 Å². The Bertz CT molecular complexity index is 1320. The molecule has 0 bridgehead atoms. The van der Waals surface area contributed by atoms with Gasteiger partial charge in [-0.2, -0.15) is 5.26 Å². The summed E-state index contributed by atoms with van der Waals surface area (Å²) in [7, 11) is 0. The molecule has 0 aliphatic carbocycles. The first kappa shape index (κ1) is 24.3. The van der Waals surface area contributed by atoms with Gasteiger partial charge in [-0.05, 0) is 24.0 Å². The summed E-state index contributed by atoms with van der Waals surface area (Å²) in [4.78, 5) is 33.9. The van der Waals surface area contributed by atoms with Crippen LogP contribution >= 0.6 is 11.3 Å². The van der Waals surface area contributed by atoms with Crippen molar-refractivity contribution in [2.45, 2.75) is 26.7 Å². The van der Waals surface area contributed by atoms with Gasteiger partial charge in [-0.3, -0.25) is 4.79 Å². The van der Waals surface area contributed by atoms with Crippen LogP contribution in [0.1, 0.15) is 47.5 Å². The van der Waals surface area contributed by atoms with Crippen LogP contribution < -0.4 is 11.5 Å². The van der Waals surface area contributed by atoms with E-state index < -0.39 is 0 Å². The summed E-state index contributed by atoms with van der Waals surface area (Å²) < 4.78 is 5.05. The SMILES string of the molecule is CCOC(=O)N1CCN(C(=O)c2sc3nc(N)c(C#N)c(-c4ccc(C(C)C)cc4)c3c2N)CC1. The number of anilines is 2. The summed E-state index contributed by atoms with van der Waals surface area (Å²) >= 11 is 1.17. The topological polar surface area (TPSA) is 139 Å².